The van der Waals surface area contributed by atoms with Crippen LogP contribution in [-0.4, -0.2) is 86.6 Å². The highest BCUT2D eigenvalue weighted by Gasteiger charge is 2.35. The topological polar surface area (TPSA) is 172 Å². The van der Waals surface area contributed by atoms with Crippen LogP contribution in [0.15, 0.2) is 89.6 Å². The number of halogens is 4. The maximum atomic E-state index is 14.1. The molecule has 4 heterocycles. The van der Waals surface area contributed by atoms with Crippen LogP contribution in [0.2, 0.25) is 5.02 Å². The van der Waals surface area contributed by atoms with Crippen molar-refractivity contribution in [2.24, 2.45) is 11.3 Å². The Hall–Kier alpha value is -5.69. The first-order valence-electron chi connectivity index (χ1n) is 21.4. The average molecular weight is 936 g/mol. The summed E-state index contributed by atoms with van der Waals surface area (Å²) in [4.78, 5) is 36.9. The number of pyridine rings is 1. The van der Waals surface area contributed by atoms with Gasteiger partial charge in [-0.25, -0.2) is 18.1 Å². The zero-order valence-electron chi connectivity index (χ0n) is 35.8. The first kappa shape index (κ1) is 45.9. The van der Waals surface area contributed by atoms with Gasteiger partial charge in [0.25, 0.3) is 21.6 Å². The molecular formula is C46H49ClF3N7O7S. The summed E-state index contributed by atoms with van der Waals surface area (Å²) >= 11 is 6.19. The second-order valence-electron chi connectivity index (χ2n) is 17.5. The van der Waals surface area contributed by atoms with Gasteiger partial charge in [-0.2, -0.15) is 13.2 Å². The molecule has 0 saturated carbocycles. The number of sulfonamides is 1. The largest absolute Gasteiger partial charge is 0.453 e. The zero-order chi connectivity index (χ0) is 46.1. The molecule has 65 heavy (non-hydrogen) atoms. The Labute approximate surface area is 379 Å². The van der Waals surface area contributed by atoms with Gasteiger partial charge in [-0.3, -0.25) is 19.8 Å². The number of para-hydroxylation sites is 1. The van der Waals surface area contributed by atoms with Crippen LogP contribution in [0.4, 0.5) is 30.2 Å². The SMILES string of the molecule is CC1(C)CCC(CN2CCN(c3cccc(C(=O)NS(=O)(=O)c4ccc(NCC5CCOCC5)c([N+](=O)[O-])c4)c3Oc3cnc4[nH]ccc4c3)CC2)=C(c2ccc(C(F)(F)F)c(Cl)c2)C1. The van der Waals surface area contributed by atoms with Crippen molar-refractivity contribution in [3.63, 3.8) is 0 Å². The minimum atomic E-state index is -4.63. The van der Waals surface area contributed by atoms with Gasteiger partial charge in [-0.15, -0.1) is 0 Å². The molecule has 5 aromatic rings. The zero-order valence-corrected chi connectivity index (χ0v) is 37.4. The summed E-state index contributed by atoms with van der Waals surface area (Å²) < 4.78 is 82.3. The fourth-order valence-corrected chi connectivity index (χ4v) is 10.0. The molecule has 344 valence electrons. The molecule has 0 radical (unpaired) electrons. The summed E-state index contributed by atoms with van der Waals surface area (Å²) in [6, 6.07) is 15.9. The first-order valence-corrected chi connectivity index (χ1v) is 23.3. The van der Waals surface area contributed by atoms with Crippen molar-refractivity contribution in [2.75, 3.05) is 62.7 Å². The van der Waals surface area contributed by atoms with E-state index in [9.17, 15) is 36.5 Å². The third-order valence-electron chi connectivity index (χ3n) is 12.4. The number of ether oxygens (including phenoxy) is 2. The summed E-state index contributed by atoms with van der Waals surface area (Å²) in [7, 11) is -4.63. The van der Waals surface area contributed by atoms with Gasteiger partial charge in [0, 0.05) is 70.1 Å². The van der Waals surface area contributed by atoms with Crippen LogP contribution >= 0.6 is 11.6 Å². The van der Waals surface area contributed by atoms with Crippen LogP contribution in [0.1, 0.15) is 67.4 Å². The van der Waals surface area contributed by atoms with Gasteiger partial charge in [0.2, 0.25) is 0 Å². The lowest BCUT2D eigenvalue weighted by atomic mass is 9.72. The molecule has 3 aromatic carbocycles. The van der Waals surface area contributed by atoms with Gasteiger partial charge in [-0.1, -0.05) is 43.2 Å². The Bertz CT molecular complexity index is 2750. The molecule has 8 rings (SSSR count). The number of H-pyrrole nitrogens is 1. The van der Waals surface area contributed by atoms with Gasteiger partial charge in [0.1, 0.15) is 17.1 Å². The number of nitrogens with one attached hydrogen (secondary N) is 3. The number of nitro benzene ring substituents is 1. The van der Waals surface area contributed by atoms with E-state index in [1.54, 1.807) is 24.4 Å². The summed E-state index contributed by atoms with van der Waals surface area (Å²) in [6.45, 7) is 8.74. The van der Waals surface area contributed by atoms with Crippen LogP contribution in [0, 0.1) is 21.4 Å². The number of fused-ring (bicyclic) bond motifs is 1. The monoisotopic (exact) mass is 935 g/mol. The van der Waals surface area contributed by atoms with E-state index in [0.717, 1.165) is 54.3 Å². The highest BCUT2D eigenvalue weighted by Crippen LogP contribution is 2.45. The van der Waals surface area contributed by atoms with E-state index >= 15 is 0 Å². The quantitative estimate of drug-likeness (QED) is 0.0758. The predicted molar refractivity (Wildman–Crippen MR) is 242 cm³/mol. The number of anilines is 2. The molecular weight excluding hydrogens is 887 g/mol. The van der Waals surface area contributed by atoms with E-state index in [-0.39, 0.29) is 33.4 Å². The third-order valence-corrected chi connectivity index (χ3v) is 14.0. The summed E-state index contributed by atoms with van der Waals surface area (Å²) in [5, 5.41) is 15.6. The van der Waals surface area contributed by atoms with Gasteiger partial charge in [0.15, 0.2) is 5.75 Å². The molecule has 19 heteroatoms. The van der Waals surface area contributed by atoms with E-state index in [1.807, 2.05) is 11.0 Å². The third kappa shape index (κ3) is 10.6. The van der Waals surface area contributed by atoms with Crippen LogP contribution in [0.3, 0.4) is 0 Å². The van der Waals surface area contributed by atoms with E-state index in [2.05, 4.69) is 38.8 Å². The number of hydrogen-bond acceptors (Lipinski definition) is 11. The number of amides is 1. The lowest BCUT2D eigenvalue weighted by Gasteiger charge is -2.39. The van der Waals surface area contributed by atoms with Crippen molar-refractivity contribution < 1.29 is 40.8 Å². The number of nitro groups is 1. The molecule has 0 unspecified atom stereocenters. The summed E-state index contributed by atoms with van der Waals surface area (Å²) in [6.07, 6.45) is 2.64. The number of hydrogen-bond donors (Lipinski definition) is 3. The fraction of sp³-hybridized carbons (Fsp3) is 0.391. The Kier molecular flexibility index (Phi) is 13.2. The Morgan fingerprint density at radius 2 is 1.83 bits per heavy atom. The van der Waals surface area contributed by atoms with Crippen LogP contribution in [0.5, 0.6) is 11.5 Å². The molecule has 14 nitrogen and oxygen atoms in total. The number of alkyl halides is 3. The Balaban J connectivity index is 1.04. The number of carbonyl (C=O) groups is 1. The molecule has 2 fully saturated rings. The molecule has 0 bridgehead atoms. The van der Waals surface area contributed by atoms with Gasteiger partial charge >= 0.3 is 6.18 Å². The molecule has 1 aliphatic carbocycles. The predicted octanol–water partition coefficient (Wildman–Crippen LogP) is 9.68. The molecule has 2 aromatic heterocycles. The normalized spacial score (nSPS) is 17.6. The molecule has 2 aliphatic heterocycles. The maximum absolute atomic E-state index is 14.1. The highest BCUT2D eigenvalue weighted by atomic mass is 35.5. The number of piperazine rings is 1. The first-order chi connectivity index (χ1) is 30.9. The van der Waals surface area contributed by atoms with Crippen molar-refractivity contribution in [3.05, 3.63) is 117 Å². The number of aromatic nitrogens is 2. The molecule has 3 N–H and O–H groups in total. The number of carbonyl (C=O) groups excluding carboxylic acids is 1. The maximum Gasteiger partial charge on any atom is 0.417 e. The van der Waals surface area contributed by atoms with Crippen molar-refractivity contribution in [1.29, 1.82) is 0 Å². The van der Waals surface area contributed by atoms with Gasteiger partial charge in [0.05, 0.1) is 37.9 Å². The second-order valence-corrected chi connectivity index (χ2v) is 19.6. The van der Waals surface area contributed by atoms with Crippen molar-refractivity contribution in [3.8, 4) is 11.5 Å². The highest BCUT2D eigenvalue weighted by molar-refractivity contribution is 7.90. The van der Waals surface area contributed by atoms with Crippen molar-refractivity contribution in [1.82, 2.24) is 19.6 Å². The van der Waals surface area contributed by atoms with Crippen LogP contribution < -0.4 is 19.7 Å². The number of rotatable bonds is 13. The standard InChI is InChI=1S/C46H49ClF3N7O7S/c1-45(2)14-10-32(36(25-45)30-6-8-37(38(47)23-30)46(48,49)50)28-55-16-18-56(19-17-55)40-5-3-4-35(42(40)64-33-22-31-11-15-51-43(31)53-27-33)44(58)54-65(61,62)34-7-9-39(41(24-34)57(59)60)52-26-29-12-20-63-21-13-29/h3-9,11,15,22-24,27,29,52H,10,12-14,16-21,25-26,28H2,1-2H3,(H,51,53)(H,54,58). The smallest absolute Gasteiger partial charge is 0.417 e. The number of allylic oxidation sites excluding steroid dienone is 1. The molecule has 3 aliphatic rings. The molecule has 2 saturated heterocycles. The van der Waals surface area contributed by atoms with E-state index < -0.39 is 43.2 Å². The molecule has 0 spiro atoms. The lowest BCUT2D eigenvalue weighted by Crippen LogP contribution is -2.47. The van der Waals surface area contributed by atoms with Crippen LogP contribution in [-0.2, 0) is 20.9 Å². The van der Waals surface area contributed by atoms with Crippen LogP contribution in [0.25, 0.3) is 16.6 Å². The van der Waals surface area contributed by atoms with Crippen molar-refractivity contribution in [2.45, 2.75) is 57.0 Å². The van der Waals surface area contributed by atoms with E-state index in [0.29, 0.717) is 81.6 Å². The average Bonchev–Trinajstić information content (AvgIpc) is 3.74. The number of benzene rings is 3. The van der Waals surface area contributed by atoms with E-state index in [1.165, 1.54) is 36.5 Å². The van der Waals surface area contributed by atoms with E-state index in [4.69, 9.17) is 21.1 Å². The molecule has 1 amide bonds. The summed E-state index contributed by atoms with van der Waals surface area (Å²) in [5.74, 6) is -0.388. The van der Waals surface area contributed by atoms with Gasteiger partial charge in [-0.05, 0) is 103 Å². The molecule has 0 atom stereocenters. The number of nitrogens with zero attached hydrogens (tertiary/aromatic N) is 4. The lowest BCUT2D eigenvalue weighted by molar-refractivity contribution is -0.384. The van der Waals surface area contributed by atoms with Gasteiger partial charge < -0.3 is 24.7 Å². The fourth-order valence-electron chi connectivity index (χ4n) is 8.74. The summed E-state index contributed by atoms with van der Waals surface area (Å²) in [5.41, 5.74) is 2.68. The second kappa shape index (κ2) is 18.7. The minimum absolute atomic E-state index is 0.0501. The number of aromatic amines is 1. The minimum Gasteiger partial charge on any atom is -0.453 e. The Morgan fingerprint density at radius 1 is 1.06 bits per heavy atom. The van der Waals surface area contributed by atoms with Crippen molar-refractivity contribution >= 4 is 61.2 Å². The Morgan fingerprint density at radius 3 is 2.55 bits per heavy atom.